The number of imide groups is 1. The second-order valence-electron chi connectivity index (χ2n) is 6.12. The smallest absolute Gasteiger partial charge is 0.314 e. The second kappa shape index (κ2) is 6.83. The lowest BCUT2D eigenvalue weighted by Crippen LogP contribution is -2.69. The SMILES string of the molecule is Cc1ccc(N2C(=O)NC(NC(=O)c3ccc(Cl)cc3)(C(F)(F)F)C2=O)cc1. The van der Waals surface area contributed by atoms with Crippen LogP contribution in [-0.4, -0.2) is 29.7 Å². The molecule has 0 saturated carbocycles. The number of nitrogens with zero attached hydrogens (tertiary/aromatic N) is 1. The van der Waals surface area contributed by atoms with Crippen LogP contribution in [0.5, 0.6) is 0 Å². The Balaban J connectivity index is 1.99. The molecule has 1 aliphatic rings. The molecule has 4 amide bonds. The van der Waals surface area contributed by atoms with E-state index in [0.717, 1.165) is 5.56 Å². The maximum absolute atomic E-state index is 13.8. The molecule has 0 radical (unpaired) electrons. The van der Waals surface area contributed by atoms with E-state index < -0.39 is 29.7 Å². The van der Waals surface area contributed by atoms with E-state index in [1.54, 1.807) is 17.6 Å². The van der Waals surface area contributed by atoms with Crippen LogP contribution in [0.2, 0.25) is 5.02 Å². The van der Waals surface area contributed by atoms with Crippen LogP contribution in [0.15, 0.2) is 48.5 Å². The summed E-state index contributed by atoms with van der Waals surface area (Å²) in [4.78, 5) is 37.6. The van der Waals surface area contributed by atoms with E-state index in [4.69, 9.17) is 11.6 Å². The minimum atomic E-state index is -5.29. The molecule has 0 spiro atoms. The summed E-state index contributed by atoms with van der Waals surface area (Å²) in [6, 6.07) is 9.45. The molecule has 1 atom stereocenters. The molecule has 1 unspecified atom stereocenters. The van der Waals surface area contributed by atoms with Crippen molar-refractivity contribution in [2.24, 2.45) is 0 Å². The molecule has 0 aliphatic carbocycles. The topological polar surface area (TPSA) is 78.5 Å². The highest BCUT2D eigenvalue weighted by Crippen LogP contribution is 2.36. The fourth-order valence-corrected chi connectivity index (χ4v) is 2.78. The highest BCUT2D eigenvalue weighted by atomic mass is 35.5. The fraction of sp³-hybridized carbons (Fsp3) is 0.167. The standard InChI is InChI=1S/C18H13ClF3N3O3/c1-10-2-8-13(9-3-10)25-15(27)17(18(20,21)22,24-16(25)28)23-14(26)11-4-6-12(19)7-5-11/h2-9H,1H3,(H,23,26)(H,24,28). The second-order valence-corrected chi connectivity index (χ2v) is 6.55. The van der Waals surface area contributed by atoms with Crippen LogP contribution in [0, 0.1) is 6.92 Å². The Hall–Kier alpha value is -3.07. The molecule has 10 heteroatoms. The van der Waals surface area contributed by atoms with Crippen molar-refractivity contribution >= 4 is 35.1 Å². The quantitative estimate of drug-likeness (QED) is 0.760. The van der Waals surface area contributed by atoms with Crippen LogP contribution < -0.4 is 15.5 Å². The number of nitrogens with one attached hydrogen (secondary N) is 2. The van der Waals surface area contributed by atoms with Gasteiger partial charge in [-0.15, -0.1) is 0 Å². The van der Waals surface area contributed by atoms with Gasteiger partial charge in [0, 0.05) is 10.6 Å². The molecule has 28 heavy (non-hydrogen) atoms. The molecular formula is C18H13ClF3N3O3. The Bertz CT molecular complexity index is 945. The zero-order valence-corrected chi connectivity index (χ0v) is 15.1. The normalized spacial score (nSPS) is 19.5. The third-order valence-electron chi connectivity index (χ3n) is 4.15. The summed E-state index contributed by atoms with van der Waals surface area (Å²) >= 11 is 5.70. The van der Waals surface area contributed by atoms with Gasteiger partial charge in [-0.3, -0.25) is 14.9 Å². The van der Waals surface area contributed by atoms with Gasteiger partial charge in [-0.05, 0) is 43.3 Å². The first-order valence-electron chi connectivity index (χ1n) is 7.93. The number of urea groups is 1. The molecular weight excluding hydrogens is 399 g/mol. The van der Waals surface area contributed by atoms with Gasteiger partial charge in [-0.2, -0.15) is 13.2 Å². The molecule has 1 aliphatic heterocycles. The summed E-state index contributed by atoms with van der Waals surface area (Å²) in [6.45, 7) is 1.74. The third kappa shape index (κ3) is 3.29. The van der Waals surface area contributed by atoms with E-state index in [-0.39, 0.29) is 16.3 Å². The van der Waals surface area contributed by atoms with E-state index >= 15 is 0 Å². The molecule has 0 bridgehead atoms. The molecule has 2 N–H and O–H groups in total. The number of benzene rings is 2. The zero-order chi connectivity index (χ0) is 20.7. The summed E-state index contributed by atoms with van der Waals surface area (Å²) in [6.07, 6.45) is -5.29. The summed E-state index contributed by atoms with van der Waals surface area (Å²) in [5.74, 6) is -2.86. The number of hydrogen-bond donors (Lipinski definition) is 2. The number of amides is 4. The molecule has 3 rings (SSSR count). The van der Waals surface area contributed by atoms with Crippen molar-refractivity contribution in [2.75, 3.05) is 4.90 Å². The molecule has 1 fully saturated rings. The molecule has 6 nitrogen and oxygen atoms in total. The van der Waals surface area contributed by atoms with E-state index in [1.807, 2.05) is 0 Å². The number of halogens is 4. The van der Waals surface area contributed by atoms with E-state index in [9.17, 15) is 27.6 Å². The van der Waals surface area contributed by atoms with Crippen LogP contribution >= 0.6 is 11.6 Å². The van der Waals surface area contributed by atoms with Gasteiger partial charge < -0.3 is 5.32 Å². The molecule has 1 heterocycles. The van der Waals surface area contributed by atoms with E-state index in [2.05, 4.69) is 0 Å². The van der Waals surface area contributed by atoms with Crippen LogP contribution in [-0.2, 0) is 4.79 Å². The fourth-order valence-electron chi connectivity index (χ4n) is 2.65. The average molecular weight is 412 g/mol. The largest absolute Gasteiger partial charge is 0.440 e. The number of carbonyl (C=O) groups is 3. The van der Waals surface area contributed by atoms with Gasteiger partial charge in [0.1, 0.15) is 0 Å². The monoisotopic (exact) mass is 411 g/mol. The van der Waals surface area contributed by atoms with Gasteiger partial charge in [-0.25, -0.2) is 9.69 Å². The first-order chi connectivity index (χ1) is 13.0. The van der Waals surface area contributed by atoms with Gasteiger partial charge in [0.05, 0.1) is 5.69 Å². The van der Waals surface area contributed by atoms with Crippen LogP contribution in [0.4, 0.5) is 23.7 Å². The summed E-state index contributed by atoms with van der Waals surface area (Å²) < 4.78 is 41.5. The lowest BCUT2D eigenvalue weighted by atomic mass is 10.1. The number of rotatable bonds is 3. The Kier molecular flexibility index (Phi) is 4.80. The molecule has 2 aromatic carbocycles. The predicted octanol–water partition coefficient (Wildman–Crippen LogP) is 3.39. The lowest BCUT2D eigenvalue weighted by molar-refractivity contribution is -0.197. The maximum atomic E-state index is 13.8. The predicted molar refractivity (Wildman–Crippen MR) is 94.9 cm³/mol. The van der Waals surface area contributed by atoms with Crippen molar-refractivity contribution in [1.82, 2.24) is 10.6 Å². The molecule has 0 aromatic heterocycles. The number of aryl methyl sites for hydroxylation is 1. The highest BCUT2D eigenvalue weighted by molar-refractivity contribution is 6.30. The Morgan fingerprint density at radius 1 is 1.07 bits per heavy atom. The van der Waals surface area contributed by atoms with E-state index in [1.165, 1.54) is 48.5 Å². The summed E-state index contributed by atoms with van der Waals surface area (Å²) in [5.41, 5.74) is -3.02. The van der Waals surface area contributed by atoms with Gasteiger partial charge in [-0.1, -0.05) is 29.3 Å². The maximum Gasteiger partial charge on any atom is 0.440 e. The highest BCUT2D eigenvalue weighted by Gasteiger charge is 2.69. The van der Waals surface area contributed by atoms with Crippen LogP contribution in [0.1, 0.15) is 15.9 Å². The first-order valence-corrected chi connectivity index (χ1v) is 8.31. The summed E-state index contributed by atoms with van der Waals surface area (Å²) in [5, 5.41) is 3.49. The Morgan fingerprint density at radius 3 is 2.18 bits per heavy atom. The zero-order valence-electron chi connectivity index (χ0n) is 14.3. The Labute approximate surface area is 162 Å². The minimum Gasteiger partial charge on any atom is -0.314 e. The molecule has 2 aromatic rings. The Morgan fingerprint density at radius 2 is 1.64 bits per heavy atom. The van der Waals surface area contributed by atoms with Crippen molar-refractivity contribution in [3.8, 4) is 0 Å². The van der Waals surface area contributed by atoms with Crippen LogP contribution in [0.3, 0.4) is 0 Å². The van der Waals surface area contributed by atoms with Gasteiger partial charge in [0.2, 0.25) is 0 Å². The number of alkyl halides is 3. The van der Waals surface area contributed by atoms with Crippen molar-refractivity contribution in [3.05, 3.63) is 64.7 Å². The van der Waals surface area contributed by atoms with Crippen molar-refractivity contribution in [1.29, 1.82) is 0 Å². The van der Waals surface area contributed by atoms with Gasteiger partial charge in [0.25, 0.3) is 17.5 Å². The van der Waals surface area contributed by atoms with Gasteiger partial charge in [0.15, 0.2) is 0 Å². The number of hydrogen-bond acceptors (Lipinski definition) is 3. The van der Waals surface area contributed by atoms with Crippen molar-refractivity contribution in [3.63, 3.8) is 0 Å². The van der Waals surface area contributed by atoms with Gasteiger partial charge >= 0.3 is 12.2 Å². The molecule has 1 saturated heterocycles. The number of anilines is 1. The van der Waals surface area contributed by atoms with E-state index in [0.29, 0.717) is 4.90 Å². The summed E-state index contributed by atoms with van der Waals surface area (Å²) in [7, 11) is 0. The lowest BCUT2D eigenvalue weighted by Gasteiger charge is -2.29. The van der Waals surface area contributed by atoms with Crippen molar-refractivity contribution < 1.29 is 27.6 Å². The van der Waals surface area contributed by atoms with Crippen LogP contribution in [0.25, 0.3) is 0 Å². The van der Waals surface area contributed by atoms with Crippen molar-refractivity contribution in [2.45, 2.75) is 18.8 Å². The number of carbonyl (C=O) groups excluding carboxylic acids is 3. The third-order valence-corrected chi connectivity index (χ3v) is 4.40. The first kappa shape index (κ1) is 19.7. The molecule has 146 valence electrons. The average Bonchev–Trinajstić information content (AvgIpc) is 2.87. The minimum absolute atomic E-state index is 0.0556.